The van der Waals surface area contributed by atoms with Crippen LogP contribution >= 0.6 is 0 Å². The zero-order chi connectivity index (χ0) is 14.7. The number of carbonyl (C=O) groups is 1. The van der Waals surface area contributed by atoms with Gasteiger partial charge in [0.1, 0.15) is 5.78 Å². The van der Waals surface area contributed by atoms with E-state index in [0.29, 0.717) is 17.6 Å². The maximum absolute atomic E-state index is 12.0. The van der Waals surface area contributed by atoms with E-state index in [9.17, 15) is 4.79 Å². The van der Waals surface area contributed by atoms with E-state index in [4.69, 9.17) is 0 Å². The third-order valence-electron chi connectivity index (χ3n) is 4.52. The van der Waals surface area contributed by atoms with E-state index < -0.39 is 0 Å². The Morgan fingerprint density at radius 2 is 1.89 bits per heavy atom. The van der Waals surface area contributed by atoms with Crippen molar-refractivity contribution < 1.29 is 4.79 Å². The number of hydrogen-bond acceptors (Lipinski definition) is 1. The molecule has 19 heavy (non-hydrogen) atoms. The third-order valence-corrected chi connectivity index (χ3v) is 4.52. The van der Waals surface area contributed by atoms with Gasteiger partial charge in [-0.1, -0.05) is 46.3 Å². The van der Waals surface area contributed by atoms with Crippen molar-refractivity contribution in [3.63, 3.8) is 0 Å². The second-order valence-electron chi connectivity index (χ2n) is 8.29. The summed E-state index contributed by atoms with van der Waals surface area (Å²) in [6, 6.07) is 0. The molecule has 110 valence electrons. The van der Waals surface area contributed by atoms with Crippen molar-refractivity contribution in [2.24, 2.45) is 16.7 Å². The second-order valence-corrected chi connectivity index (χ2v) is 8.29. The molecule has 0 aliphatic heterocycles. The first kappa shape index (κ1) is 16.5. The van der Waals surface area contributed by atoms with Crippen LogP contribution < -0.4 is 0 Å². The molecule has 0 saturated carbocycles. The molecule has 0 heterocycles. The van der Waals surface area contributed by atoms with Gasteiger partial charge in [0.2, 0.25) is 0 Å². The van der Waals surface area contributed by atoms with E-state index in [1.165, 1.54) is 24.8 Å². The van der Waals surface area contributed by atoms with E-state index in [1.54, 1.807) is 0 Å². The molecule has 0 fully saturated rings. The molecule has 0 bridgehead atoms. The quantitative estimate of drug-likeness (QED) is 0.595. The van der Waals surface area contributed by atoms with Gasteiger partial charge >= 0.3 is 0 Å². The Bertz CT molecular complexity index is 341. The second kappa shape index (κ2) is 6.24. The Hall–Kier alpha value is -0.590. The van der Waals surface area contributed by atoms with Gasteiger partial charge in [0, 0.05) is 12.8 Å². The summed E-state index contributed by atoms with van der Waals surface area (Å²) < 4.78 is 0. The predicted molar refractivity (Wildman–Crippen MR) is 83.2 cm³/mol. The monoisotopic (exact) mass is 264 g/mol. The van der Waals surface area contributed by atoms with Crippen molar-refractivity contribution >= 4 is 5.78 Å². The molecule has 1 rings (SSSR count). The van der Waals surface area contributed by atoms with Crippen LogP contribution in [-0.2, 0) is 4.79 Å². The highest BCUT2D eigenvalue weighted by Gasteiger charge is 2.30. The normalized spacial score (nSPS) is 21.2. The van der Waals surface area contributed by atoms with Crippen molar-refractivity contribution in [3.8, 4) is 0 Å². The first-order valence-electron chi connectivity index (χ1n) is 7.77. The molecule has 0 aromatic carbocycles. The molecule has 1 aliphatic rings. The maximum atomic E-state index is 12.0. The van der Waals surface area contributed by atoms with Gasteiger partial charge in [-0.2, -0.15) is 0 Å². The third kappa shape index (κ3) is 5.93. The van der Waals surface area contributed by atoms with Crippen LogP contribution in [0.4, 0.5) is 0 Å². The number of carbonyl (C=O) groups excluding carboxylic acids is 1. The Morgan fingerprint density at radius 3 is 2.37 bits per heavy atom. The zero-order valence-electron chi connectivity index (χ0n) is 13.8. The molecule has 0 N–H and O–H groups in total. The van der Waals surface area contributed by atoms with Gasteiger partial charge in [0.15, 0.2) is 0 Å². The molecule has 0 radical (unpaired) electrons. The van der Waals surface area contributed by atoms with Crippen molar-refractivity contribution in [3.05, 3.63) is 11.6 Å². The fourth-order valence-corrected chi connectivity index (χ4v) is 3.02. The van der Waals surface area contributed by atoms with E-state index in [0.717, 1.165) is 18.8 Å². The molecular formula is C18H32O. The Balaban J connectivity index is 2.45. The molecule has 0 saturated heterocycles. The largest absolute Gasteiger partial charge is 0.300 e. The van der Waals surface area contributed by atoms with Crippen LogP contribution in [0.25, 0.3) is 0 Å². The smallest absolute Gasteiger partial charge is 0.133 e. The first-order valence-corrected chi connectivity index (χ1v) is 7.77. The van der Waals surface area contributed by atoms with Crippen LogP contribution in [0.1, 0.15) is 80.1 Å². The van der Waals surface area contributed by atoms with Crippen LogP contribution in [0.15, 0.2) is 11.6 Å². The summed E-state index contributed by atoms with van der Waals surface area (Å²) in [5, 5.41) is 0. The Kier molecular flexibility index (Phi) is 5.41. The van der Waals surface area contributed by atoms with Crippen LogP contribution in [0.5, 0.6) is 0 Å². The lowest BCUT2D eigenvalue weighted by Gasteiger charge is -2.36. The first-order chi connectivity index (χ1) is 8.60. The zero-order valence-corrected chi connectivity index (χ0v) is 13.8. The fourth-order valence-electron chi connectivity index (χ4n) is 3.02. The highest BCUT2D eigenvalue weighted by Crippen LogP contribution is 2.41. The van der Waals surface area contributed by atoms with Crippen LogP contribution in [-0.4, -0.2) is 5.78 Å². The summed E-state index contributed by atoms with van der Waals surface area (Å²) in [7, 11) is 0. The number of allylic oxidation sites excluding steroid dienone is 2. The standard InChI is InChI=1S/C18H32O/c1-14-7-9-15(10-8-14)18(5,6)12-11-16(19)13-17(2,3)4/h7,15H,8-13H2,1-6H3. The van der Waals surface area contributed by atoms with Gasteiger partial charge in [-0.25, -0.2) is 0 Å². The Labute approximate surface area is 119 Å². The van der Waals surface area contributed by atoms with Crippen molar-refractivity contribution in [2.75, 3.05) is 0 Å². The topological polar surface area (TPSA) is 17.1 Å². The van der Waals surface area contributed by atoms with Gasteiger partial charge in [-0.3, -0.25) is 4.79 Å². The van der Waals surface area contributed by atoms with Gasteiger partial charge in [-0.15, -0.1) is 0 Å². The van der Waals surface area contributed by atoms with Crippen molar-refractivity contribution in [1.82, 2.24) is 0 Å². The molecular weight excluding hydrogens is 232 g/mol. The lowest BCUT2D eigenvalue weighted by atomic mass is 9.69. The van der Waals surface area contributed by atoms with Crippen LogP contribution in [0, 0.1) is 16.7 Å². The van der Waals surface area contributed by atoms with Crippen molar-refractivity contribution in [2.45, 2.75) is 80.1 Å². The van der Waals surface area contributed by atoms with E-state index in [-0.39, 0.29) is 5.41 Å². The van der Waals surface area contributed by atoms with Gasteiger partial charge in [0.25, 0.3) is 0 Å². The number of hydrogen-bond donors (Lipinski definition) is 0. The van der Waals surface area contributed by atoms with Crippen LogP contribution in [0.2, 0.25) is 0 Å². The van der Waals surface area contributed by atoms with Gasteiger partial charge in [-0.05, 0) is 49.4 Å². The number of ketones is 1. The SMILES string of the molecule is CC1=CCC(C(C)(C)CCC(=O)CC(C)(C)C)CC1. The molecule has 0 amide bonds. The molecule has 1 unspecified atom stereocenters. The summed E-state index contributed by atoms with van der Waals surface area (Å²) >= 11 is 0. The molecule has 0 spiro atoms. The molecule has 1 aliphatic carbocycles. The number of rotatable bonds is 5. The summed E-state index contributed by atoms with van der Waals surface area (Å²) in [6.45, 7) is 13.4. The fraction of sp³-hybridized carbons (Fsp3) is 0.833. The predicted octanol–water partition coefficient (Wildman–Crippen LogP) is 5.54. The summed E-state index contributed by atoms with van der Waals surface area (Å²) in [5.41, 5.74) is 1.97. The number of Topliss-reactive ketones (excluding diaryl/α,β-unsaturated/α-hetero) is 1. The lowest BCUT2D eigenvalue weighted by Crippen LogP contribution is -2.27. The highest BCUT2D eigenvalue weighted by atomic mass is 16.1. The minimum atomic E-state index is 0.131. The highest BCUT2D eigenvalue weighted by molar-refractivity contribution is 5.79. The van der Waals surface area contributed by atoms with E-state index in [1.807, 2.05) is 0 Å². The van der Waals surface area contributed by atoms with Crippen LogP contribution in [0.3, 0.4) is 0 Å². The average Bonchev–Trinajstić information content (AvgIpc) is 2.25. The van der Waals surface area contributed by atoms with E-state index in [2.05, 4.69) is 47.6 Å². The summed E-state index contributed by atoms with van der Waals surface area (Å²) in [6.07, 6.45) is 8.64. The minimum Gasteiger partial charge on any atom is -0.300 e. The maximum Gasteiger partial charge on any atom is 0.133 e. The minimum absolute atomic E-state index is 0.131. The lowest BCUT2D eigenvalue weighted by molar-refractivity contribution is -0.121. The summed E-state index contributed by atoms with van der Waals surface area (Å²) in [5.74, 6) is 1.18. The van der Waals surface area contributed by atoms with Crippen molar-refractivity contribution in [1.29, 1.82) is 0 Å². The average molecular weight is 264 g/mol. The molecule has 0 aromatic heterocycles. The van der Waals surface area contributed by atoms with Gasteiger partial charge < -0.3 is 0 Å². The molecule has 1 atom stereocenters. The van der Waals surface area contributed by atoms with E-state index >= 15 is 0 Å². The molecule has 1 heteroatoms. The molecule has 0 aromatic rings. The molecule has 1 nitrogen and oxygen atoms in total. The summed E-state index contributed by atoms with van der Waals surface area (Å²) in [4.78, 5) is 12.0. The Morgan fingerprint density at radius 1 is 1.26 bits per heavy atom. The van der Waals surface area contributed by atoms with Gasteiger partial charge in [0.05, 0.1) is 0 Å².